The Morgan fingerprint density at radius 2 is 0.630 bits per heavy atom. The van der Waals surface area contributed by atoms with Crippen LogP contribution in [0.4, 0.5) is 51.2 Å². The van der Waals surface area contributed by atoms with Gasteiger partial charge in [-0.05, 0) is 156 Å². The molecule has 73 heavy (non-hydrogen) atoms. The summed E-state index contributed by atoms with van der Waals surface area (Å²) in [5.74, 6) is 0. The second kappa shape index (κ2) is 41.3. The van der Waals surface area contributed by atoms with Gasteiger partial charge in [0.05, 0.1) is 0 Å². The van der Waals surface area contributed by atoms with Crippen LogP contribution in [0, 0.1) is 10.5 Å². The Morgan fingerprint density at radius 1 is 0.384 bits per heavy atom. The number of unbranched alkanes of at least 4 members (excludes halogenated alkanes) is 8. The number of nitrogens with one attached hydrogen (secondary N) is 1. The maximum atomic E-state index is 11.0. The molecule has 6 aromatic carbocycles. The summed E-state index contributed by atoms with van der Waals surface area (Å²) in [4.78, 5) is 31.7. The standard InChI is InChI=1S/C23H25N3O.C16H21N3.C8H18.C7H5IO.C5H12.C4H9.Pt/c1-24(2)19-9-13-22(14-10-19)26(21-7-5-18(17-27)6-8-21)23-15-11-20(12-16-23)25(3)4;1-18(2)15-9-5-13(6-10-15)17-14-7-11-16(12-8-14)19(3)4;1-3-5-7-8-6-4-2;8-7-3-1-6(5-9)2-4-7;1-3-5-4-2;1-3-4-2;/h5-17H,1-4H3;5-12,17H,1-4H3;3-8H2,1-2H3;1-5H;3-5H2,1-2H3;1,3-4H2,2H3;/q;;;;;-1;. The molecule has 402 valence electrons. The summed E-state index contributed by atoms with van der Waals surface area (Å²) in [6.07, 6.45) is 16.6. The molecule has 8 nitrogen and oxygen atoms in total. The monoisotopic (exact) mass is 1280 g/mol. The Hall–Kier alpha value is -5.12. The topological polar surface area (TPSA) is 62.4 Å². The molecule has 0 atom stereocenters. The molecule has 10 heteroatoms. The first-order chi connectivity index (χ1) is 34.6. The van der Waals surface area contributed by atoms with Crippen LogP contribution in [0.5, 0.6) is 0 Å². The maximum absolute atomic E-state index is 11.0. The number of halogens is 1. The van der Waals surface area contributed by atoms with Crippen molar-refractivity contribution in [2.24, 2.45) is 0 Å². The molecule has 0 aliphatic carbocycles. The molecule has 0 amide bonds. The molecule has 0 spiro atoms. The molecule has 6 aromatic rings. The Morgan fingerprint density at radius 3 is 0.863 bits per heavy atom. The normalized spacial score (nSPS) is 9.63. The van der Waals surface area contributed by atoms with Gasteiger partial charge in [-0.3, -0.25) is 9.59 Å². The molecule has 0 aliphatic rings. The molecular formula is C63H90IN6O2Pt-. The largest absolute Gasteiger partial charge is 0.378 e. The van der Waals surface area contributed by atoms with Gasteiger partial charge >= 0.3 is 0 Å². The summed E-state index contributed by atoms with van der Waals surface area (Å²) in [5.41, 5.74) is 11.5. The number of carbonyl (C=O) groups excluding carboxylic acids is 2. The fourth-order valence-corrected chi connectivity index (χ4v) is 6.91. The zero-order valence-corrected chi connectivity index (χ0v) is 51.2. The van der Waals surface area contributed by atoms with Gasteiger partial charge in [-0.15, -0.1) is 0 Å². The first-order valence-electron chi connectivity index (χ1n) is 25.8. The van der Waals surface area contributed by atoms with Gasteiger partial charge in [0.2, 0.25) is 0 Å². The molecule has 0 bridgehead atoms. The van der Waals surface area contributed by atoms with Crippen LogP contribution in [0.15, 0.2) is 146 Å². The Balaban J connectivity index is 0.000000973. The van der Waals surface area contributed by atoms with Crippen LogP contribution in [0.3, 0.4) is 0 Å². The number of carbonyl (C=O) groups is 2. The maximum Gasteiger partial charge on any atom is 0.150 e. The van der Waals surface area contributed by atoms with Crippen molar-refractivity contribution in [2.75, 3.05) is 86.2 Å². The van der Waals surface area contributed by atoms with Crippen molar-refractivity contribution < 1.29 is 30.7 Å². The van der Waals surface area contributed by atoms with Crippen molar-refractivity contribution in [3.8, 4) is 0 Å². The average Bonchev–Trinajstić information content (AvgIpc) is 3.40. The van der Waals surface area contributed by atoms with Crippen LogP contribution in [0.25, 0.3) is 0 Å². The van der Waals surface area contributed by atoms with E-state index in [0.29, 0.717) is 5.56 Å². The van der Waals surface area contributed by atoms with Gasteiger partial charge in [-0.25, -0.2) is 0 Å². The second-order valence-corrected chi connectivity index (χ2v) is 19.4. The predicted molar refractivity (Wildman–Crippen MR) is 329 cm³/mol. The minimum atomic E-state index is 0. The minimum Gasteiger partial charge on any atom is -0.378 e. The zero-order chi connectivity index (χ0) is 53.7. The predicted octanol–water partition coefficient (Wildman–Crippen LogP) is 17.9. The van der Waals surface area contributed by atoms with Crippen molar-refractivity contribution in [3.05, 3.63) is 167 Å². The molecule has 0 aromatic heterocycles. The van der Waals surface area contributed by atoms with E-state index in [4.69, 9.17) is 0 Å². The fraction of sp³-hybridized carbons (Fsp3) is 0.381. The van der Waals surface area contributed by atoms with Crippen molar-refractivity contribution in [2.45, 2.75) is 105 Å². The molecule has 0 unspecified atom stereocenters. The van der Waals surface area contributed by atoms with Crippen LogP contribution in [0.1, 0.15) is 126 Å². The van der Waals surface area contributed by atoms with Crippen LogP contribution in [0.2, 0.25) is 0 Å². The van der Waals surface area contributed by atoms with Crippen LogP contribution in [-0.4, -0.2) is 69.0 Å². The first-order valence-corrected chi connectivity index (χ1v) is 26.9. The van der Waals surface area contributed by atoms with Gasteiger partial charge < -0.3 is 36.7 Å². The van der Waals surface area contributed by atoms with Gasteiger partial charge in [-0.2, -0.15) is 6.42 Å². The first kappa shape index (κ1) is 67.9. The van der Waals surface area contributed by atoms with E-state index in [1.165, 1.54) is 75.6 Å². The molecule has 1 N–H and O–H groups in total. The molecule has 0 saturated carbocycles. The molecule has 0 radical (unpaired) electrons. The zero-order valence-electron chi connectivity index (χ0n) is 46.7. The SMILES string of the molecule is CCCCC.CCCCCCCC.CN(C)c1ccc(N(c2ccc(C=O)cc2)c2ccc(N(C)C)cc2)cc1.CN(C)c1ccc(Nc2ccc(N(C)C)cc2)cc1.O=Cc1ccc(I)cc1.[CH2-]CCC.[Pt]. The van der Waals surface area contributed by atoms with Gasteiger partial charge in [0.15, 0.2) is 0 Å². The number of benzene rings is 6. The van der Waals surface area contributed by atoms with Crippen molar-refractivity contribution >= 4 is 86.3 Å². The third-order valence-electron chi connectivity index (χ3n) is 11.1. The van der Waals surface area contributed by atoms with E-state index < -0.39 is 0 Å². The Kier molecular flexibility index (Phi) is 38.4. The third-order valence-corrected chi connectivity index (χ3v) is 11.8. The number of nitrogens with zero attached hydrogens (tertiary/aromatic N) is 5. The molecule has 6 rings (SSSR count). The summed E-state index contributed by atoms with van der Waals surface area (Å²) in [5, 5.41) is 3.40. The van der Waals surface area contributed by atoms with E-state index in [2.05, 4.69) is 191 Å². The molecule has 0 heterocycles. The average molecular weight is 1290 g/mol. The van der Waals surface area contributed by atoms with E-state index in [1.54, 1.807) is 12.1 Å². The van der Waals surface area contributed by atoms with Crippen molar-refractivity contribution in [3.63, 3.8) is 0 Å². The molecule has 0 saturated heterocycles. The van der Waals surface area contributed by atoms with E-state index in [-0.39, 0.29) is 21.1 Å². The van der Waals surface area contributed by atoms with Crippen LogP contribution < -0.4 is 29.8 Å². The minimum absolute atomic E-state index is 0. The van der Waals surface area contributed by atoms with Crippen LogP contribution >= 0.6 is 22.6 Å². The van der Waals surface area contributed by atoms with E-state index in [1.807, 2.05) is 92.8 Å². The van der Waals surface area contributed by atoms with Gasteiger partial charge in [0, 0.05) is 143 Å². The summed E-state index contributed by atoms with van der Waals surface area (Å²) in [6, 6.07) is 48.7. The number of anilines is 9. The number of hydrogen-bond donors (Lipinski definition) is 1. The summed E-state index contributed by atoms with van der Waals surface area (Å²) in [7, 11) is 16.3. The summed E-state index contributed by atoms with van der Waals surface area (Å²) >= 11 is 2.20. The summed E-state index contributed by atoms with van der Waals surface area (Å²) in [6.45, 7) is 14.7. The Bertz CT molecular complexity index is 2140. The number of hydrogen-bond acceptors (Lipinski definition) is 8. The Labute approximate surface area is 472 Å². The van der Waals surface area contributed by atoms with Gasteiger partial charge in [0.1, 0.15) is 12.6 Å². The summed E-state index contributed by atoms with van der Waals surface area (Å²) < 4.78 is 1.15. The quantitative estimate of drug-likeness (QED) is 0.0373. The van der Waals surface area contributed by atoms with E-state index in [9.17, 15) is 9.59 Å². The van der Waals surface area contributed by atoms with Crippen molar-refractivity contribution in [1.29, 1.82) is 0 Å². The molecule has 0 fully saturated rings. The smallest absolute Gasteiger partial charge is 0.150 e. The van der Waals surface area contributed by atoms with Gasteiger partial charge in [-0.1, -0.05) is 111 Å². The van der Waals surface area contributed by atoms with Gasteiger partial charge in [0.25, 0.3) is 0 Å². The van der Waals surface area contributed by atoms with Crippen LogP contribution in [-0.2, 0) is 21.1 Å². The van der Waals surface area contributed by atoms with E-state index in [0.717, 1.165) is 67.9 Å². The van der Waals surface area contributed by atoms with Crippen molar-refractivity contribution in [1.82, 2.24) is 0 Å². The molecular weight excluding hydrogens is 1190 g/mol. The fourth-order valence-electron chi connectivity index (χ4n) is 6.55. The second-order valence-electron chi connectivity index (χ2n) is 18.2. The molecule has 0 aliphatic heterocycles. The number of rotatable bonds is 19. The van der Waals surface area contributed by atoms with E-state index >= 15 is 0 Å². The third kappa shape index (κ3) is 28.8. The number of aldehydes is 2.